The Hall–Kier alpha value is -2.27. The lowest BCUT2D eigenvalue weighted by Crippen LogP contribution is -2.34. The Kier molecular flexibility index (Phi) is 5.61. The number of carbonyl (C=O) groups is 1. The third kappa shape index (κ3) is 4.36. The van der Waals surface area contributed by atoms with Crippen LogP contribution in [0.4, 0.5) is 5.69 Å². The summed E-state index contributed by atoms with van der Waals surface area (Å²) in [6.07, 6.45) is 2.31. The molecule has 1 atom stereocenters. The summed E-state index contributed by atoms with van der Waals surface area (Å²) in [4.78, 5) is 15.4. The van der Waals surface area contributed by atoms with Crippen molar-refractivity contribution >= 4 is 23.2 Å². The molecule has 1 heterocycles. The molecule has 0 bridgehead atoms. The first-order valence-corrected chi connectivity index (χ1v) is 7.36. The van der Waals surface area contributed by atoms with Crippen LogP contribution in [0.25, 0.3) is 0 Å². The SMILES string of the molecule is CCC(Nc1ccc(OCc2ccccn2)c(Cl)c1)C(N)=O. The summed E-state index contributed by atoms with van der Waals surface area (Å²) in [6.45, 7) is 2.22. The molecule has 0 saturated heterocycles. The van der Waals surface area contributed by atoms with Crippen molar-refractivity contribution in [3.63, 3.8) is 0 Å². The predicted molar refractivity (Wildman–Crippen MR) is 86.9 cm³/mol. The minimum Gasteiger partial charge on any atom is -0.486 e. The molecule has 0 aliphatic rings. The molecule has 1 aromatic carbocycles. The van der Waals surface area contributed by atoms with Crippen LogP contribution >= 0.6 is 11.6 Å². The number of nitrogens with one attached hydrogen (secondary N) is 1. The smallest absolute Gasteiger partial charge is 0.239 e. The van der Waals surface area contributed by atoms with Gasteiger partial charge in [-0.3, -0.25) is 9.78 Å². The first-order valence-electron chi connectivity index (χ1n) is 6.98. The first-order chi connectivity index (χ1) is 10.6. The minimum atomic E-state index is -0.420. The fraction of sp³-hybridized carbons (Fsp3) is 0.250. The van der Waals surface area contributed by atoms with Gasteiger partial charge in [0, 0.05) is 11.9 Å². The third-order valence-corrected chi connectivity index (χ3v) is 3.42. The van der Waals surface area contributed by atoms with Crippen LogP contribution < -0.4 is 15.8 Å². The Morgan fingerprint density at radius 2 is 2.23 bits per heavy atom. The molecule has 1 amide bonds. The van der Waals surface area contributed by atoms with Gasteiger partial charge in [-0.2, -0.15) is 0 Å². The third-order valence-electron chi connectivity index (χ3n) is 3.13. The van der Waals surface area contributed by atoms with Crippen molar-refractivity contribution in [2.75, 3.05) is 5.32 Å². The van der Waals surface area contributed by atoms with Gasteiger partial charge in [0.15, 0.2) is 0 Å². The van der Waals surface area contributed by atoms with Gasteiger partial charge in [-0.15, -0.1) is 0 Å². The largest absolute Gasteiger partial charge is 0.486 e. The van der Waals surface area contributed by atoms with Crippen LogP contribution in [0.5, 0.6) is 5.75 Å². The summed E-state index contributed by atoms with van der Waals surface area (Å²) in [5.74, 6) is 0.166. The molecule has 0 spiro atoms. The Balaban J connectivity index is 2.01. The number of hydrogen-bond donors (Lipinski definition) is 2. The number of carbonyl (C=O) groups excluding carboxylic acids is 1. The highest BCUT2D eigenvalue weighted by molar-refractivity contribution is 6.32. The molecule has 2 rings (SSSR count). The lowest BCUT2D eigenvalue weighted by atomic mass is 10.2. The number of pyridine rings is 1. The predicted octanol–water partition coefficient (Wildman–Crippen LogP) is 2.99. The van der Waals surface area contributed by atoms with Gasteiger partial charge in [0.1, 0.15) is 18.4 Å². The molecule has 22 heavy (non-hydrogen) atoms. The maximum absolute atomic E-state index is 11.2. The summed E-state index contributed by atoms with van der Waals surface area (Å²) in [5.41, 5.74) is 6.85. The van der Waals surface area contributed by atoms with Gasteiger partial charge in [-0.1, -0.05) is 24.6 Å². The van der Waals surface area contributed by atoms with Crippen LogP contribution in [-0.4, -0.2) is 16.9 Å². The fourth-order valence-corrected chi connectivity index (χ4v) is 2.15. The molecule has 5 nitrogen and oxygen atoms in total. The van der Waals surface area contributed by atoms with E-state index in [0.29, 0.717) is 23.8 Å². The topological polar surface area (TPSA) is 77.2 Å². The lowest BCUT2D eigenvalue weighted by Gasteiger charge is -2.16. The van der Waals surface area contributed by atoms with E-state index < -0.39 is 11.9 Å². The number of nitrogens with zero attached hydrogens (tertiary/aromatic N) is 1. The maximum Gasteiger partial charge on any atom is 0.239 e. The molecule has 6 heteroatoms. The maximum atomic E-state index is 11.2. The van der Waals surface area contributed by atoms with Gasteiger partial charge in [0.05, 0.1) is 10.7 Å². The Labute approximate surface area is 134 Å². The average Bonchev–Trinajstić information content (AvgIpc) is 2.52. The summed E-state index contributed by atoms with van der Waals surface area (Å²) >= 11 is 6.20. The Bertz CT molecular complexity index is 635. The van der Waals surface area contributed by atoms with E-state index in [2.05, 4.69) is 10.3 Å². The zero-order chi connectivity index (χ0) is 15.9. The number of amides is 1. The molecule has 3 N–H and O–H groups in total. The van der Waals surface area contributed by atoms with Crippen LogP contribution in [0.3, 0.4) is 0 Å². The molecule has 0 aliphatic carbocycles. The van der Waals surface area contributed by atoms with Crippen molar-refractivity contribution in [2.45, 2.75) is 26.0 Å². The Morgan fingerprint density at radius 1 is 1.41 bits per heavy atom. The van der Waals surface area contributed by atoms with Crippen molar-refractivity contribution in [1.82, 2.24) is 4.98 Å². The second-order valence-corrected chi connectivity index (χ2v) is 5.17. The normalized spacial score (nSPS) is 11.7. The fourth-order valence-electron chi connectivity index (χ4n) is 1.92. The second-order valence-electron chi connectivity index (χ2n) is 4.76. The average molecular weight is 320 g/mol. The number of aromatic nitrogens is 1. The first kappa shape index (κ1) is 16.1. The van der Waals surface area contributed by atoms with E-state index in [0.717, 1.165) is 11.4 Å². The van der Waals surface area contributed by atoms with Crippen molar-refractivity contribution in [3.8, 4) is 5.75 Å². The number of hydrogen-bond acceptors (Lipinski definition) is 4. The molecule has 1 aromatic heterocycles. The second kappa shape index (κ2) is 7.66. The minimum absolute atomic E-state index is 0.339. The van der Waals surface area contributed by atoms with Gasteiger partial charge < -0.3 is 15.8 Å². The molecular weight excluding hydrogens is 302 g/mol. The molecule has 0 aliphatic heterocycles. The summed E-state index contributed by atoms with van der Waals surface area (Å²) in [5, 5.41) is 3.50. The summed E-state index contributed by atoms with van der Waals surface area (Å²) < 4.78 is 5.64. The van der Waals surface area contributed by atoms with Crippen molar-refractivity contribution < 1.29 is 9.53 Å². The number of primary amides is 1. The number of halogens is 1. The highest BCUT2D eigenvalue weighted by Gasteiger charge is 2.13. The van der Waals surface area contributed by atoms with E-state index in [4.69, 9.17) is 22.1 Å². The van der Waals surface area contributed by atoms with Crippen LogP contribution in [0.2, 0.25) is 5.02 Å². The number of benzene rings is 1. The molecular formula is C16H18ClN3O2. The van der Waals surface area contributed by atoms with Gasteiger partial charge in [-0.05, 0) is 36.8 Å². The van der Waals surface area contributed by atoms with Crippen LogP contribution in [0.1, 0.15) is 19.0 Å². The molecule has 116 valence electrons. The summed E-state index contributed by atoms with van der Waals surface area (Å²) in [7, 11) is 0. The van der Waals surface area contributed by atoms with E-state index >= 15 is 0 Å². The van der Waals surface area contributed by atoms with Gasteiger partial charge in [0.25, 0.3) is 0 Å². The van der Waals surface area contributed by atoms with Gasteiger partial charge in [0.2, 0.25) is 5.91 Å². The summed E-state index contributed by atoms with van der Waals surface area (Å²) in [6, 6.07) is 10.5. The van der Waals surface area contributed by atoms with Gasteiger partial charge >= 0.3 is 0 Å². The van der Waals surface area contributed by atoms with Gasteiger partial charge in [-0.25, -0.2) is 0 Å². The van der Waals surface area contributed by atoms with Crippen molar-refractivity contribution in [2.24, 2.45) is 5.73 Å². The number of anilines is 1. The molecule has 0 fully saturated rings. The number of rotatable bonds is 7. The molecule has 1 unspecified atom stereocenters. The lowest BCUT2D eigenvalue weighted by molar-refractivity contribution is -0.118. The van der Waals surface area contributed by atoms with Crippen molar-refractivity contribution in [3.05, 3.63) is 53.3 Å². The zero-order valence-electron chi connectivity index (χ0n) is 12.3. The standard InChI is InChI=1S/C16H18ClN3O2/c1-2-14(16(18)21)20-11-6-7-15(13(17)9-11)22-10-12-5-3-4-8-19-12/h3-9,14,20H,2,10H2,1H3,(H2,18,21). The van der Waals surface area contributed by atoms with Crippen LogP contribution in [-0.2, 0) is 11.4 Å². The highest BCUT2D eigenvalue weighted by Crippen LogP contribution is 2.28. The van der Waals surface area contributed by atoms with E-state index in [1.165, 1.54) is 0 Å². The Morgan fingerprint density at radius 3 is 2.82 bits per heavy atom. The van der Waals surface area contributed by atoms with E-state index in [-0.39, 0.29) is 0 Å². The van der Waals surface area contributed by atoms with Crippen molar-refractivity contribution in [1.29, 1.82) is 0 Å². The molecule has 0 saturated carbocycles. The van der Waals surface area contributed by atoms with E-state index in [9.17, 15) is 4.79 Å². The van der Waals surface area contributed by atoms with Crippen LogP contribution in [0.15, 0.2) is 42.6 Å². The quantitative estimate of drug-likeness (QED) is 0.822. The van der Waals surface area contributed by atoms with E-state index in [1.54, 1.807) is 24.4 Å². The number of ether oxygens (including phenoxy) is 1. The van der Waals surface area contributed by atoms with Crippen LogP contribution in [0, 0.1) is 0 Å². The zero-order valence-corrected chi connectivity index (χ0v) is 13.0. The molecule has 0 radical (unpaired) electrons. The monoisotopic (exact) mass is 319 g/mol. The highest BCUT2D eigenvalue weighted by atomic mass is 35.5. The van der Waals surface area contributed by atoms with E-state index in [1.807, 2.05) is 25.1 Å². The number of nitrogens with two attached hydrogens (primary N) is 1. The molecule has 2 aromatic rings.